The van der Waals surface area contributed by atoms with Gasteiger partial charge in [-0.1, -0.05) is 21.1 Å². The fourth-order valence-corrected chi connectivity index (χ4v) is 2.24. The third-order valence-corrected chi connectivity index (χ3v) is 3.19. The molecule has 0 bridgehead atoms. The summed E-state index contributed by atoms with van der Waals surface area (Å²) in [7, 11) is 0. The topological polar surface area (TPSA) is 63.4 Å². The number of aromatic nitrogens is 1. The number of amides is 2. The van der Waals surface area contributed by atoms with Crippen LogP contribution in [0, 0.1) is 6.92 Å². The summed E-state index contributed by atoms with van der Waals surface area (Å²) in [6.07, 6.45) is 0. The van der Waals surface area contributed by atoms with Crippen molar-refractivity contribution in [1.29, 1.82) is 0 Å². The first-order chi connectivity index (χ1) is 8.58. The molecule has 2 amide bonds. The Morgan fingerprint density at radius 2 is 1.89 bits per heavy atom. The zero-order valence-corrected chi connectivity index (χ0v) is 10.9. The molecule has 0 N–H and O–H groups in total. The van der Waals surface area contributed by atoms with Crippen LogP contribution in [0.4, 0.5) is 5.82 Å². The van der Waals surface area contributed by atoms with E-state index in [2.05, 4.69) is 21.1 Å². The Labute approximate surface area is 110 Å². The molecule has 0 aliphatic carbocycles. The van der Waals surface area contributed by atoms with Gasteiger partial charge in [-0.15, -0.1) is 0 Å². The number of rotatable bonds is 1. The lowest BCUT2D eigenvalue weighted by atomic mass is 10.1. The fourth-order valence-electron chi connectivity index (χ4n) is 1.88. The Kier molecular flexibility index (Phi) is 2.34. The van der Waals surface area contributed by atoms with Crippen LogP contribution in [-0.2, 0) is 0 Å². The SMILES string of the molecule is Cc1cc(N2C(=O)c3ccc(Br)cc3C2=O)no1. The van der Waals surface area contributed by atoms with Gasteiger partial charge in [0.25, 0.3) is 11.8 Å². The maximum atomic E-state index is 12.2. The molecule has 18 heavy (non-hydrogen) atoms. The van der Waals surface area contributed by atoms with Gasteiger partial charge in [0.2, 0.25) is 0 Å². The first kappa shape index (κ1) is 11.2. The van der Waals surface area contributed by atoms with Gasteiger partial charge in [0, 0.05) is 10.5 Å². The average molecular weight is 307 g/mol. The minimum atomic E-state index is -0.385. The lowest BCUT2D eigenvalue weighted by Gasteiger charge is -2.07. The van der Waals surface area contributed by atoms with E-state index >= 15 is 0 Å². The quantitative estimate of drug-likeness (QED) is 0.760. The van der Waals surface area contributed by atoms with Gasteiger partial charge in [-0.3, -0.25) is 9.59 Å². The van der Waals surface area contributed by atoms with Gasteiger partial charge in [-0.05, 0) is 25.1 Å². The van der Waals surface area contributed by atoms with E-state index in [0.29, 0.717) is 16.9 Å². The molecule has 6 heteroatoms. The van der Waals surface area contributed by atoms with Crippen LogP contribution in [0.2, 0.25) is 0 Å². The summed E-state index contributed by atoms with van der Waals surface area (Å²) in [5, 5.41) is 3.70. The second-order valence-electron chi connectivity index (χ2n) is 3.93. The highest BCUT2D eigenvalue weighted by Gasteiger charge is 2.38. The Balaban J connectivity index is 2.12. The van der Waals surface area contributed by atoms with E-state index in [-0.39, 0.29) is 17.6 Å². The van der Waals surface area contributed by atoms with Crippen molar-refractivity contribution >= 4 is 33.6 Å². The number of nitrogens with zero attached hydrogens (tertiary/aromatic N) is 2. The number of benzene rings is 1. The fraction of sp³-hybridized carbons (Fsp3) is 0.0833. The summed E-state index contributed by atoms with van der Waals surface area (Å²) >= 11 is 3.28. The summed E-state index contributed by atoms with van der Waals surface area (Å²) in [5.74, 6) is -0.00189. The van der Waals surface area contributed by atoms with Crippen LogP contribution in [0.25, 0.3) is 0 Å². The van der Waals surface area contributed by atoms with Gasteiger partial charge in [0.15, 0.2) is 5.82 Å². The van der Waals surface area contributed by atoms with Crippen molar-refractivity contribution in [1.82, 2.24) is 5.16 Å². The van der Waals surface area contributed by atoms with E-state index in [0.717, 1.165) is 9.37 Å². The third-order valence-electron chi connectivity index (χ3n) is 2.69. The van der Waals surface area contributed by atoms with Crippen molar-refractivity contribution in [2.24, 2.45) is 0 Å². The van der Waals surface area contributed by atoms with Crippen molar-refractivity contribution in [3.8, 4) is 0 Å². The van der Waals surface area contributed by atoms with E-state index in [1.165, 1.54) is 0 Å². The molecule has 1 aromatic carbocycles. The standard InChI is InChI=1S/C12H7BrN2O3/c1-6-4-10(14-18-6)15-11(16)8-3-2-7(13)5-9(8)12(15)17/h2-5H,1H3. The Morgan fingerprint density at radius 3 is 2.56 bits per heavy atom. The number of halogens is 1. The van der Waals surface area contributed by atoms with Crippen molar-refractivity contribution in [3.63, 3.8) is 0 Å². The molecule has 2 heterocycles. The van der Waals surface area contributed by atoms with Crippen molar-refractivity contribution in [2.45, 2.75) is 6.92 Å². The van der Waals surface area contributed by atoms with Crippen LogP contribution < -0.4 is 4.90 Å². The van der Waals surface area contributed by atoms with Gasteiger partial charge in [-0.2, -0.15) is 0 Å². The molecule has 1 aliphatic rings. The summed E-state index contributed by atoms with van der Waals surface area (Å²) < 4.78 is 5.64. The van der Waals surface area contributed by atoms with Crippen molar-refractivity contribution in [2.75, 3.05) is 4.90 Å². The van der Waals surface area contributed by atoms with E-state index in [1.54, 1.807) is 31.2 Å². The van der Waals surface area contributed by atoms with E-state index < -0.39 is 0 Å². The number of anilines is 1. The second kappa shape index (κ2) is 3.78. The van der Waals surface area contributed by atoms with Gasteiger partial charge in [0.05, 0.1) is 11.1 Å². The van der Waals surface area contributed by atoms with E-state index in [9.17, 15) is 9.59 Å². The number of imide groups is 1. The van der Waals surface area contributed by atoms with Crippen LogP contribution in [0.5, 0.6) is 0 Å². The summed E-state index contributed by atoms with van der Waals surface area (Å²) in [4.78, 5) is 25.3. The molecule has 0 radical (unpaired) electrons. The second-order valence-corrected chi connectivity index (χ2v) is 4.85. The maximum absolute atomic E-state index is 12.2. The molecule has 1 aliphatic heterocycles. The highest BCUT2D eigenvalue weighted by molar-refractivity contribution is 9.10. The minimum Gasteiger partial charge on any atom is -0.360 e. The molecule has 90 valence electrons. The maximum Gasteiger partial charge on any atom is 0.267 e. The third kappa shape index (κ3) is 1.49. The summed E-state index contributed by atoms with van der Waals surface area (Å²) in [5.41, 5.74) is 0.749. The number of carbonyl (C=O) groups excluding carboxylic acids is 2. The first-order valence-corrected chi connectivity index (χ1v) is 5.99. The predicted molar refractivity (Wildman–Crippen MR) is 66.5 cm³/mol. The molecular weight excluding hydrogens is 300 g/mol. The lowest BCUT2D eigenvalue weighted by molar-refractivity contribution is 0.0924. The molecule has 3 rings (SSSR count). The van der Waals surface area contributed by atoms with Gasteiger partial charge >= 0.3 is 0 Å². The molecule has 5 nitrogen and oxygen atoms in total. The largest absolute Gasteiger partial charge is 0.360 e. The number of carbonyl (C=O) groups is 2. The predicted octanol–water partition coefficient (Wildman–Crippen LogP) is 2.55. The van der Waals surface area contributed by atoms with Gasteiger partial charge in [0.1, 0.15) is 5.76 Å². The summed E-state index contributed by atoms with van der Waals surface area (Å²) in [6, 6.07) is 6.52. The van der Waals surface area contributed by atoms with Crippen LogP contribution in [0.15, 0.2) is 33.3 Å². The van der Waals surface area contributed by atoms with Gasteiger partial charge < -0.3 is 4.52 Å². The van der Waals surface area contributed by atoms with Crippen LogP contribution >= 0.6 is 15.9 Å². The number of hydrogen-bond donors (Lipinski definition) is 0. The lowest BCUT2D eigenvalue weighted by Crippen LogP contribution is -2.29. The average Bonchev–Trinajstić information content (AvgIpc) is 2.84. The molecule has 0 saturated heterocycles. The molecular formula is C12H7BrN2O3. The molecule has 0 unspecified atom stereocenters. The zero-order chi connectivity index (χ0) is 12.9. The minimum absolute atomic E-state index is 0.217. The number of hydrogen-bond acceptors (Lipinski definition) is 4. The van der Waals surface area contributed by atoms with Crippen LogP contribution in [0.1, 0.15) is 26.5 Å². The molecule has 2 aromatic rings. The molecule has 0 fully saturated rings. The Morgan fingerprint density at radius 1 is 1.17 bits per heavy atom. The normalized spacial score (nSPS) is 14.2. The molecule has 0 spiro atoms. The van der Waals surface area contributed by atoms with Crippen molar-refractivity contribution < 1.29 is 14.1 Å². The van der Waals surface area contributed by atoms with E-state index in [4.69, 9.17) is 4.52 Å². The summed E-state index contributed by atoms with van der Waals surface area (Å²) in [6.45, 7) is 1.70. The molecule has 1 aromatic heterocycles. The zero-order valence-electron chi connectivity index (χ0n) is 9.31. The van der Waals surface area contributed by atoms with Crippen LogP contribution in [0.3, 0.4) is 0 Å². The smallest absolute Gasteiger partial charge is 0.267 e. The van der Waals surface area contributed by atoms with Gasteiger partial charge in [-0.25, -0.2) is 4.90 Å². The Hall–Kier alpha value is -1.95. The Bertz CT molecular complexity index is 678. The first-order valence-electron chi connectivity index (χ1n) is 5.19. The monoisotopic (exact) mass is 306 g/mol. The number of fused-ring (bicyclic) bond motifs is 1. The molecule has 0 atom stereocenters. The van der Waals surface area contributed by atoms with Crippen molar-refractivity contribution in [3.05, 3.63) is 45.6 Å². The van der Waals surface area contributed by atoms with E-state index in [1.807, 2.05) is 0 Å². The molecule has 0 saturated carbocycles. The van der Waals surface area contributed by atoms with Crippen LogP contribution in [-0.4, -0.2) is 17.0 Å². The highest BCUT2D eigenvalue weighted by atomic mass is 79.9. The number of aryl methyl sites for hydroxylation is 1. The highest BCUT2D eigenvalue weighted by Crippen LogP contribution is 2.29.